The Labute approximate surface area is 133 Å². The summed E-state index contributed by atoms with van der Waals surface area (Å²) in [5.74, 6) is 0.350. The number of furan rings is 1. The van der Waals surface area contributed by atoms with E-state index in [2.05, 4.69) is 10.0 Å². The monoisotopic (exact) mass is 342 g/mol. The minimum atomic E-state index is -3.73. The average molecular weight is 343 g/mol. The summed E-state index contributed by atoms with van der Waals surface area (Å²) >= 11 is 5.85. The van der Waals surface area contributed by atoms with Crippen LogP contribution in [0.4, 0.5) is 0 Å². The molecular formula is C14H15ClN2O4S. The molecule has 2 aromatic rings. The molecule has 2 rings (SSSR count). The highest BCUT2D eigenvalue weighted by Gasteiger charge is 2.17. The van der Waals surface area contributed by atoms with E-state index in [0.717, 1.165) is 0 Å². The molecule has 1 amide bonds. The number of halogens is 1. The minimum absolute atomic E-state index is 0.00680. The molecule has 0 aliphatic carbocycles. The van der Waals surface area contributed by atoms with Gasteiger partial charge in [0.2, 0.25) is 15.9 Å². The Morgan fingerprint density at radius 3 is 2.64 bits per heavy atom. The first-order chi connectivity index (χ1) is 10.5. The Hall–Kier alpha value is -1.83. The second-order valence-corrected chi connectivity index (χ2v) is 6.58. The number of sulfonamides is 1. The van der Waals surface area contributed by atoms with E-state index in [-0.39, 0.29) is 35.3 Å². The quantitative estimate of drug-likeness (QED) is 0.804. The topological polar surface area (TPSA) is 88.4 Å². The first-order valence-electron chi connectivity index (χ1n) is 6.52. The molecule has 1 aromatic carbocycles. The molecule has 22 heavy (non-hydrogen) atoms. The molecular weight excluding hydrogens is 328 g/mol. The van der Waals surface area contributed by atoms with Gasteiger partial charge in [-0.1, -0.05) is 23.7 Å². The van der Waals surface area contributed by atoms with Crippen LogP contribution in [0, 0.1) is 0 Å². The van der Waals surface area contributed by atoms with Crippen LogP contribution in [0.1, 0.15) is 12.2 Å². The van der Waals surface area contributed by atoms with E-state index in [0.29, 0.717) is 5.76 Å². The molecule has 1 aromatic heterocycles. The molecule has 0 aliphatic heterocycles. The molecule has 0 saturated heterocycles. The molecule has 0 atom stereocenters. The summed E-state index contributed by atoms with van der Waals surface area (Å²) in [6.45, 7) is 0.251. The van der Waals surface area contributed by atoms with Gasteiger partial charge in [0.25, 0.3) is 0 Å². The van der Waals surface area contributed by atoms with E-state index >= 15 is 0 Å². The number of rotatable bonds is 7. The van der Waals surface area contributed by atoms with Crippen molar-refractivity contribution >= 4 is 27.5 Å². The highest BCUT2D eigenvalue weighted by atomic mass is 35.5. The Kier molecular flexibility index (Phi) is 5.59. The maximum absolute atomic E-state index is 12.0. The zero-order valence-corrected chi connectivity index (χ0v) is 13.2. The molecule has 0 radical (unpaired) electrons. The molecule has 8 heteroatoms. The highest BCUT2D eigenvalue weighted by Crippen LogP contribution is 2.19. The molecule has 0 saturated carbocycles. The predicted molar refractivity (Wildman–Crippen MR) is 81.8 cm³/mol. The highest BCUT2D eigenvalue weighted by molar-refractivity contribution is 7.89. The maximum Gasteiger partial charge on any atom is 0.242 e. The van der Waals surface area contributed by atoms with Gasteiger partial charge in [-0.2, -0.15) is 0 Å². The molecule has 6 nitrogen and oxygen atoms in total. The fourth-order valence-electron chi connectivity index (χ4n) is 1.73. The molecule has 0 unspecified atom stereocenters. The molecule has 0 bridgehead atoms. The predicted octanol–water partition coefficient (Wildman–Crippen LogP) is 1.92. The van der Waals surface area contributed by atoms with Crippen molar-refractivity contribution in [2.75, 3.05) is 6.54 Å². The van der Waals surface area contributed by atoms with Crippen molar-refractivity contribution in [3.63, 3.8) is 0 Å². The van der Waals surface area contributed by atoms with Gasteiger partial charge in [-0.3, -0.25) is 4.79 Å². The van der Waals surface area contributed by atoms with Crippen LogP contribution in [0.15, 0.2) is 52.0 Å². The van der Waals surface area contributed by atoms with E-state index in [1.165, 1.54) is 18.4 Å². The van der Waals surface area contributed by atoms with Crippen LogP contribution in [0.3, 0.4) is 0 Å². The minimum Gasteiger partial charge on any atom is -0.467 e. The standard InChI is InChI=1S/C14H15ClN2O4S/c15-12-5-1-2-6-13(12)22(19,20)17-8-7-14(18)16-10-11-4-3-9-21-11/h1-6,9,17H,7-8,10H2,(H,16,18). The van der Waals surface area contributed by atoms with Crippen LogP contribution in [-0.2, 0) is 21.4 Å². The lowest BCUT2D eigenvalue weighted by Crippen LogP contribution is -2.30. The van der Waals surface area contributed by atoms with Crippen LogP contribution in [0.5, 0.6) is 0 Å². The third-order valence-corrected chi connectivity index (χ3v) is 4.77. The summed E-state index contributed by atoms with van der Waals surface area (Å²) in [5.41, 5.74) is 0. The molecule has 0 fully saturated rings. The van der Waals surface area contributed by atoms with Gasteiger partial charge in [0.05, 0.1) is 17.8 Å². The number of amides is 1. The summed E-state index contributed by atoms with van der Waals surface area (Å²) in [5, 5.41) is 2.77. The van der Waals surface area contributed by atoms with Gasteiger partial charge in [-0.05, 0) is 24.3 Å². The number of hydrogen-bond donors (Lipinski definition) is 2. The number of hydrogen-bond acceptors (Lipinski definition) is 4. The summed E-state index contributed by atoms with van der Waals surface area (Å²) in [6.07, 6.45) is 1.53. The lowest BCUT2D eigenvalue weighted by Gasteiger charge is -2.08. The van der Waals surface area contributed by atoms with Crippen molar-refractivity contribution in [2.45, 2.75) is 17.9 Å². The third kappa shape index (κ3) is 4.59. The summed E-state index contributed by atoms with van der Waals surface area (Å²) in [7, 11) is -3.73. The van der Waals surface area contributed by atoms with E-state index in [1.807, 2.05) is 0 Å². The van der Waals surface area contributed by atoms with Crippen molar-refractivity contribution in [1.82, 2.24) is 10.0 Å². The van der Waals surface area contributed by atoms with E-state index < -0.39 is 10.0 Å². The van der Waals surface area contributed by atoms with Crippen molar-refractivity contribution in [2.24, 2.45) is 0 Å². The summed E-state index contributed by atoms with van der Waals surface area (Å²) in [4.78, 5) is 11.6. The SMILES string of the molecule is O=C(CCNS(=O)(=O)c1ccccc1Cl)NCc1ccco1. The van der Waals surface area contributed by atoms with Crippen LogP contribution in [0.2, 0.25) is 5.02 Å². The average Bonchev–Trinajstić information content (AvgIpc) is 2.98. The fraction of sp³-hybridized carbons (Fsp3) is 0.214. The zero-order valence-electron chi connectivity index (χ0n) is 11.6. The first kappa shape index (κ1) is 16.5. The Balaban J connectivity index is 1.80. The van der Waals surface area contributed by atoms with Gasteiger partial charge in [-0.15, -0.1) is 0 Å². The van der Waals surface area contributed by atoms with Crippen LogP contribution < -0.4 is 10.0 Å². The number of nitrogens with one attached hydrogen (secondary N) is 2. The van der Waals surface area contributed by atoms with Crippen LogP contribution in [-0.4, -0.2) is 20.9 Å². The maximum atomic E-state index is 12.0. The molecule has 0 spiro atoms. The van der Waals surface area contributed by atoms with E-state index in [9.17, 15) is 13.2 Å². The van der Waals surface area contributed by atoms with Crippen LogP contribution >= 0.6 is 11.6 Å². The smallest absolute Gasteiger partial charge is 0.242 e. The normalized spacial score (nSPS) is 11.3. The Morgan fingerprint density at radius 1 is 1.18 bits per heavy atom. The van der Waals surface area contributed by atoms with Crippen molar-refractivity contribution in [3.8, 4) is 0 Å². The Bertz CT molecular complexity index is 729. The van der Waals surface area contributed by atoms with E-state index in [1.54, 1.807) is 24.3 Å². The summed E-state index contributed by atoms with van der Waals surface area (Å²) < 4.78 is 31.5. The van der Waals surface area contributed by atoms with E-state index in [4.69, 9.17) is 16.0 Å². The number of carbonyl (C=O) groups excluding carboxylic acids is 1. The second-order valence-electron chi connectivity index (χ2n) is 4.43. The van der Waals surface area contributed by atoms with Gasteiger partial charge in [-0.25, -0.2) is 13.1 Å². The molecule has 1 heterocycles. The third-order valence-electron chi connectivity index (χ3n) is 2.81. The molecule has 2 N–H and O–H groups in total. The number of benzene rings is 1. The van der Waals surface area contributed by atoms with Gasteiger partial charge >= 0.3 is 0 Å². The fourth-order valence-corrected chi connectivity index (χ4v) is 3.28. The largest absolute Gasteiger partial charge is 0.467 e. The zero-order chi connectivity index (χ0) is 16.0. The summed E-state index contributed by atoms with van der Waals surface area (Å²) in [6, 6.07) is 9.58. The van der Waals surface area contributed by atoms with Gasteiger partial charge in [0.1, 0.15) is 10.7 Å². The molecule has 118 valence electrons. The van der Waals surface area contributed by atoms with Gasteiger partial charge < -0.3 is 9.73 Å². The van der Waals surface area contributed by atoms with Crippen LogP contribution in [0.25, 0.3) is 0 Å². The lowest BCUT2D eigenvalue weighted by molar-refractivity contribution is -0.121. The Morgan fingerprint density at radius 2 is 1.95 bits per heavy atom. The number of carbonyl (C=O) groups is 1. The van der Waals surface area contributed by atoms with Crippen molar-refractivity contribution in [3.05, 3.63) is 53.4 Å². The van der Waals surface area contributed by atoms with Crippen molar-refractivity contribution < 1.29 is 17.6 Å². The van der Waals surface area contributed by atoms with Crippen molar-refractivity contribution in [1.29, 1.82) is 0 Å². The first-order valence-corrected chi connectivity index (χ1v) is 8.38. The lowest BCUT2D eigenvalue weighted by atomic mass is 10.4. The second kappa shape index (κ2) is 7.44. The molecule has 0 aliphatic rings. The van der Waals surface area contributed by atoms with Gasteiger partial charge in [0, 0.05) is 13.0 Å². The van der Waals surface area contributed by atoms with Gasteiger partial charge in [0.15, 0.2) is 0 Å².